The summed E-state index contributed by atoms with van der Waals surface area (Å²) in [6.45, 7) is 0. The number of ether oxygens (including phenoxy) is 2. The molecule has 1 unspecified atom stereocenters. The van der Waals surface area contributed by atoms with E-state index < -0.39 is 0 Å². The van der Waals surface area contributed by atoms with Crippen LogP contribution in [0.5, 0.6) is 11.5 Å². The van der Waals surface area contributed by atoms with Crippen molar-refractivity contribution in [1.82, 2.24) is 4.98 Å². The second-order valence-corrected chi connectivity index (χ2v) is 4.64. The number of nitrogens with zero attached hydrogens (tertiary/aromatic N) is 1. The zero-order chi connectivity index (χ0) is 13.2. The van der Waals surface area contributed by atoms with Crippen LogP contribution < -0.4 is 15.2 Å². The van der Waals surface area contributed by atoms with Gasteiger partial charge in [0, 0.05) is 36.0 Å². The molecule has 1 aliphatic rings. The Labute approximate surface area is 112 Å². The van der Waals surface area contributed by atoms with Crippen LogP contribution in [0, 0.1) is 0 Å². The van der Waals surface area contributed by atoms with Gasteiger partial charge in [0.05, 0.1) is 7.11 Å². The van der Waals surface area contributed by atoms with Crippen LogP contribution in [0.2, 0.25) is 0 Å². The van der Waals surface area contributed by atoms with Crippen molar-refractivity contribution in [3.63, 3.8) is 0 Å². The summed E-state index contributed by atoms with van der Waals surface area (Å²) in [5.74, 6) is 1.63. The molecule has 2 aromatic rings. The maximum absolute atomic E-state index is 6.24. The highest BCUT2D eigenvalue weighted by atomic mass is 16.5. The topological polar surface area (TPSA) is 57.4 Å². The molecule has 1 aliphatic heterocycles. The predicted octanol–water partition coefficient (Wildman–Crippen LogP) is 2.61. The highest BCUT2D eigenvalue weighted by Crippen LogP contribution is 2.40. The average molecular weight is 256 g/mol. The van der Waals surface area contributed by atoms with E-state index in [9.17, 15) is 0 Å². The van der Waals surface area contributed by atoms with E-state index in [1.165, 1.54) is 0 Å². The van der Waals surface area contributed by atoms with E-state index in [0.29, 0.717) is 0 Å². The minimum Gasteiger partial charge on any atom is -0.497 e. The molecule has 0 saturated heterocycles. The van der Waals surface area contributed by atoms with Crippen molar-refractivity contribution in [3.8, 4) is 11.5 Å². The number of rotatable bonds is 2. The molecule has 4 heteroatoms. The van der Waals surface area contributed by atoms with E-state index in [4.69, 9.17) is 15.2 Å². The smallest absolute Gasteiger partial charge is 0.127 e. The van der Waals surface area contributed by atoms with E-state index in [1.807, 2.05) is 36.5 Å². The highest BCUT2D eigenvalue weighted by Gasteiger charge is 2.27. The van der Waals surface area contributed by atoms with Gasteiger partial charge in [0.25, 0.3) is 0 Å². The Morgan fingerprint density at radius 2 is 2.26 bits per heavy atom. The molecular formula is C15H16N2O2. The molecule has 0 bridgehead atoms. The minimum absolute atomic E-state index is 0.0374. The Morgan fingerprint density at radius 1 is 1.37 bits per heavy atom. The van der Waals surface area contributed by atoms with E-state index >= 15 is 0 Å². The van der Waals surface area contributed by atoms with Gasteiger partial charge in [0.1, 0.15) is 17.6 Å². The fraction of sp³-hybridized carbons (Fsp3) is 0.267. The van der Waals surface area contributed by atoms with Gasteiger partial charge in [-0.2, -0.15) is 0 Å². The van der Waals surface area contributed by atoms with Crippen molar-refractivity contribution >= 4 is 0 Å². The summed E-state index contributed by atoms with van der Waals surface area (Å²) in [5.41, 5.74) is 8.30. The van der Waals surface area contributed by atoms with Crippen molar-refractivity contribution in [2.24, 2.45) is 5.73 Å². The third kappa shape index (κ3) is 2.27. The number of nitrogens with two attached hydrogens (primary N) is 1. The van der Waals surface area contributed by atoms with E-state index in [1.54, 1.807) is 13.3 Å². The lowest BCUT2D eigenvalue weighted by Gasteiger charge is -2.30. The Hall–Kier alpha value is -2.07. The predicted molar refractivity (Wildman–Crippen MR) is 72.1 cm³/mol. The lowest BCUT2D eigenvalue weighted by atomic mass is 9.94. The first-order valence-corrected chi connectivity index (χ1v) is 6.28. The molecule has 0 spiro atoms. The summed E-state index contributed by atoms with van der Waals surface area (Å²) in [4.78, 5) is 4.13. The maximum atomic E-state index is 6.24. The molecule has 0 amide bonds. The number of fused-ring (bicyclic) bond motifs is 1. The van der Waals surface area contributed by atoms with Crippen molar-refractivity contribution in [2.75, 3.05) is 7.11 Å². The Balaban J connectivity index is 1.92. The summed E-state index contributed by atoms with van der Waals surface area (Å²) >= 11 is 0. The molecule has 0 fully saturated rings. The zero-order valence-corrected chi connectivity index (χ0v) is 10.7. The summed E-state index contributed by atoms with van der Waals surface area (Å²) in [6.07, 6.45) is 4.28. The highest BCUT2D eigenvalue weighted by molar-refractivity contribution is 5.44. The molecule has 0 aliphatic carbocycles. The molecule has 1 aromatic carbocycles. The number of hydrogen-bond donors (Lipinski definition) is 1. The van der Waals surface area contributed by atoms with Gasteiger partial charge in [-0.3, -0.25) is 4.98 Å². The number of hydrogen-bond acceptors (Lipinski definition) is 4. The van der Waals surface area contributed by atoms with Crippen LogP contribution in [-0.2, 0) is 0 Å². The van der Waals surface area contributed by atoms with Crippen molar-refractivity contribution in [3.05, 3.63) is 53.9 Å². The molecule has 19 heavy (non-hydrogen) atoms. The largest absolute Gasteiger partial charge is 0.497 e. The quantitative estimate of drug-likeness (QED) is 0.897. The Bertz CT molecular complexity index is 572. The van der Waals surface area contributed by atoms with Crippen LogP contribution >= 0.6 is 0 Å². The molecule has 2 heterocycles. The maximum Gasteiger partial charge on any atom is 0.127 e. The Morgan fingerprint density at radius 3 is 3.00 bits per heavy atom. The van der Waals surface area contributed by atoms with E-state index in [0.717, 1.165) is 29.0 Å². The van der Waals surface area contributed by atoms with Crippen molar-refractivity contribution < 1.29 is 9.47 Å². The lowest BCUT2D eigenvalue weighted by Crippen LogP contribution is -2.24. The fourth-order valence-electron chi connectivity index (χ4n) is 2.38. The first-order valence-electron chi connectivity index (χ1n) is 6.28. The van der Waals surface area contributed by atoms with Gasteiger partial charge in [-0.25, -0.2) is 0 Å². The summed E-state index contributed by atoms with van der Waals surface area (Å²) < 4.78 is 11.2. The first-order chi connectivity index (χ1) is 9.28. The molecule has 0 radical (unpaired) electrons. The molecule has 3 rings (SSSR count). The van der Waals surface area contributed by atoms with Crippen molar-refractivity contribution in [2.45, 2.75) is 18.6 Å². The van der Waals surface area contributed by atoms with Gasteiger partial charge in [-0.05, 0) is 24.3 Å². The third-order valence-electron chi connectivity index (χ3n) is 3.41. The SMILES string of the molecule is COc1ccc2c(c1)[C@@H](N)CC(c1cccnc1)O2. The number of pyridine rings is 1. The second-order valence-electron chi connectivity index (χ2n) is 4.64. The molecule has 2 atom stereocenters. The number of benzene rings is 1. The van der Waals surface area contributed by atoms with Crippen LogP contribution in [0.1, 0.15) is 29.7 Å². The summed E-state index contributed by atoms with van der Waals surface area (Å²) in [6, 6.07) is 9.61. The molecule has 0 saturated carbocycles. The summed E-state index contributed by atoms with van der Waals surface area (Å²) in [5, 5.41) is 0. The normalized spacial score (nSPS) is 21.4. The monoisotopic (exact) mass is 256 g/mol. The van der Waals surface area contributed by atoms with E-state index in [2.05, 4.69) is 4.98 Å². The molecule has 2 N–H and O–H groups in total. The standard InChI is InChI=1S/C15H16N2O2/c1-18-11-4-5-14-12(7-11)13(16)8-15(19-14)10-3-2-6-17-9-10/h2-7,9,13,15H,8,16H2,1H3/t13-,15?/m0/s1. The van der Waals surface area contributed by atoms with E-state index in [-0.39, 0.29) is 12.1 Å². The molecule has 98 valence electrons. The van der Waals surface area contributed by atoms with Gasteiger partial charge in [0.15, 0.2) is 0 Å². The lowest BCUT2D eigenvalue weighted by molar-refractivity contribution is 0.161. The molecule has 1 aromatic heterocycles. The number of aromatic nitrogens is 1. The van der Waals surface area contributed by atoms with Crippen molar-refractivity contribution in [1.29, 1.82) is 0 Å². The van der Waals surface area contributed by atoms with Crippen LogP contribution in [-0.4, -0.2) is 12.1 Å². The summed E-state index contributed by atoms with van der Waals surface area (Å²) in [7, 11) is 1.65. The first kappa shape index (κ1) is 12.0. The second kappa shape index (κ2) is 4.90. The number of methoxy groups -OCH3 is 1. The van der Waals surface area contributed by atoms with Gasteiger partial charge in [0.2, 0.25) is 0 Å². The van der Waals surface area contributed by atoms with Crippen LogP contribution in [0.3, 0.4) is 0 Å². The third-order valence-corrected chi connectivity index (χ3v) is 3.41. The van der Waals surface area contributed by atoms with Crippen LogP contribution in [0.15, 0.2) is 42.7 Å². The fourth-order valence-corrected chi connectivity index (χ4v) is 2.38. The van der Waals surface area contributed by atoms with Crippen LogP contribution in [0.25, 0.3) is 0 Å². The average Bonchev–Trinajstić information content (AvgIpc) is 2.48. The van der Waals surface area contributed by atoms with Gasteiger partial charge in [-0.15, -0.1) is 0 Å². The molecule has 4 nitrogen and oxygen atoms in total. The zero-order valence-electron chi connectivity index (χ0n) is 10.7. The van der Waals surface area contributed by atoms with Gasteiger partial charge in [-0.1, -0.05) is 6.07 Å². The van der Waals surface area contributed by atoms with Gasteiger partial charge >= 0.3 is 0 Å². The molecular weight excluding hydrogens is 240 g/mol. The van der Waals surface area contributed by atoms with Crippen LogP contribution in [0.4, 0.5) is 0 Å². The van der Waals surface area contributed by atoms with Gasteiger partial charge < -0.3 is 15.2 Å². The minimum atomic E-state index is -0.0518. The Kier molecular flexibility index (Phi) is 3.09.